The van der Waals surface area contributed by atoms with Gasteiger partial charge in [-0.1, -0.05) is 0 Å². The maximum Gasteiger partial charge on any atom is 0.274 e. The van der Waals surface area contributed by atoms with E-state index >= 15 is 0 Å². The molecule has 2 aromatic rings. The van der Waals surface area contributed by atoms with Gasteiger partial charge in [-0.2, -0.15) is 5.10 Å². The van der Waals surface area contributed by atoms with Gasteiger partial charge in [0.2, 0.25) is 11.2 Å². The highest BCUT2D eigenvalue weighted by Gasteiger charge is 2.61. The number of hydrogen-bond acceptors (Lipinski definition) is 6. The third kappa shape index (κ3) is 3.45. The lowest BCUT2D eigenvalue weighted by Gasteiger charge is -2.60. The first-order chi connectivity index (χ1) is 16.4. The molecule has 1 aliphatic heterocycles. The normalized spacial score (nSPS) is 32.2. The standard InChI is InChI=1S/C23H30ClN7O3/c1-2-30-18(19(32)29-3-5-34-6-4-29)17(12-26-30)27-20(33)22-8-15-7-16(9-22)11-23(10-15,13-22)31-14-25-21(24)28-31/h12,14-16H,2-11,13H2,1H3,(H,27,33). The number of aromatic nitrogens is 5. The molecule has 2 amide bonds. The number of hydrogen-bond donors (Lipinski definition) is 1. The van der Waals surface area contributed by atoms with Crippen molar-refractivity contribution >= 4 is 29.1 Å². The predicted octanol–water partition coefficient (Wildman–Crippen LogP) is 2.55. The zero-order valence-corrected chi connectivity index (χ0v) is 20.1. The summed E-state index contributed by atoms with van der Waals surface area (Å²) in [5, 5.41) is 12.2. The zero-order chi connectivity index (χ0) is 23.5. The summed E-state index contributed by atoms with van der Waals surface area (Å²) in [6, 6.07) is 0. The Kier molecular flexibility index (Phi) is 5.22. The molecule has 5 fully saturated rings. The molecule has 10 nitrogen and oxygen atoms in total. The molecule has 1 saturated heterocycles. The van der Waals surface area contributed by atoms with Gasteiger partial charge in [-0.25, -0.2) is 9.67 Å². The van der Waals surface area contributed by atoms with E-state index in [0.29, 0.717) is 62.5 Å². The molecule has 11 heteroatoms. The second-order valence-corrected chi connectivity index (χ2v) is 10.8. The monoisotopic (exact) mass is 487 g/mol. The molecule has 4 aliphatic carbocycles. The lowest BCUT2D eigenvalue weighted by molar-refractivity contribution is -0.150. The fourth-order valence-corrected chi connectivity index (χ4v) is 7.46. The summed E-state index contributed by atoms with van der Waals surface area (Å²) in [7, 11) is 0. The number of amides is 2. The quantitative estimate of drug-likeness (QED) is 0.694. The average molecular weight is 488 g/mol. The number of aryl methyl sites for hydroxylation is 1. The van der Waals surface area contributed by atoms with Gasteiger partial charge >= 0.3 is 0 Å². The highest BCUT2D eigenvalue weighted by molar-refractivity contribution is 6.28. The van der Waals surface area contributed by atoms with Crippen molar-refractivity contribution in [1.29, 1.82) is 0 Å². The van der Waals surface area contributed by atoms with Crippen LogP contribution >= 0.6 is 11.6 Å². The van der Waals surface area contributed by atoms with Gasteiger partial charge in [-0.3, -0.25) is 14.3 Å². The minimum absolute atomic E-state index is 0.0103. The highest BCUT2D eigenvalue weighted by Crippen LogP contribution is 2.64. The second kappa shape index (κ2) is 8.05. The van der Waals surface area contributed by atoms with Crippen LogP contribution in [0.2, 0.25) is 5.28 Å². The Labute approximate surface area is 203 Å². The molecular formula is C23H30ClN7O3. The average Bonchev–Trinajstić information content (AvgIpc) is 3.45. The SMILES string of the molecule is CCn1ncc(NC(=O)C23CC4CC(C2)CC(n2cnc(Cl)n2)(C4)C3)c1C(=O)N1CCOCC1. The van der Waals surface area contributed by atoms with Crippen molar-refractivity contribution < 1.29 is 14.3 Å². The van der Waals surface area contributed by atoms with Gasteiger partial charge in [0.1, 0.15) is 12.0 Å². The summed E-state index contributed by atoms with van der Waals surface area (Å²) in [5.41, 5.74) is 0.231. The van der Waals surface area contributed by atoms with Crippen LogP contribution in [0.5, 0.6) is 0 Å². The van der Waals surface area contributed by atoms with Crippen molar-refractivity contribution in [3.8, 4) is 0 Å². The van der Waals surface area contributed by atoms with Gasteiger partial charge in [-0.15, -0.1) is 5.10 Å². The largest absolute Gasteiger partial charge is 0.378 e. The molecule has 2 unspecified atom stereocenters. The van der Waals surface area contributed by atoms with E-state index in [1.165, 1.54) is 0 Å². The maximum absolute atomic E-state index is 13.9. The third-order valence-electron chi connectivity index (χ3n) is 8.35. The first-order valence-electron chi connectivity index (χ1n) is 12.2. The lowest BCUT2D eigenvalue weighted by atomic mass is 9.46. The summed E-state index contributed by atoms with van der Waals surface area (Å²) in [6.45, 7) is 4.62. The van der Waals surface area contributed by atoms with E-state index in [-0.39, 0.29) is 22.6 Å². The highest BCUT2D eigenvalue weighted by atomic mass is 35.5. The van der Waals surface area contributed by atoms with E-state index in [2.05, 4.69) is 20.5 Å². The number of nitrogens with zero attached hydrogens (tertiary/aromatic N) is 6. The topological polar surface area (TPSA) is 107 Å². The van der Waals surface area contributed by atoms with Crippen molar-refractivity contribution in [3.05, 3.63) is 23.5 Å². The Bertz CT molecular complexity index is 1110. The molecular weight excluding hydrogens is 458 g/mol. The predicted molar refractivity (Wildman–Crippen MR) is 123 cm³/mol. The minimum atomic E-state index is -0.490. The number of ether oxygens (including phenoxy) is 1. The van der Waals surface area contributed by atoms with Crippen molar-refractivity contribution in [1.82, 2.24) is 29.4 Å². The van der Waals surface area contributed by atoms with E-state index in [9.17, 15) is 9.59 Å². The maximum atomic E-state index is 13.9. The van der Waals surface area contributed by atoms with Crippen molar-refractivity contribution in [2.45, 2.75) is 57.5 Å². The van der Waals surface area contributed by atoms with Crippen LogP contribution in [0, 0.1) is 17.3 Å². The van der Waals surface area contributed by atoms with Crippen LogP contribution < -0.4 is 5.32 Å². The van der Waals surface area contributed by atoms with Gasteiger partial charge in [0.05, 0.1) is 36.1 Å². The first kappa shape index (κ1) is 22.0. The number of morpholine rings is 1. The number of nitrogens with one attached hydrogen (secondary N) is 1. The molecule has 0 aromatic carbocycles. The number of carbonyl (C=O) groups excluding carboxylic acids is 2. The molecule has 7 rings (SSSR count). The molecule has 0 spiro atoms. The Morgan fingerprint density at radius 3 is 2.59 bits per heavy atom. The molecule has 1 N–H and O–H groups in total. The van der Waals surface area contributed by atoms with Crippen LogP contribution in [0.25, 0.3) is 0 Å². The van der Waals surface area contributed by atoms with Crippen molar-refractivity contribution in [2.24, 2.45) is 17.3 Å². The van der Waals surface area contributed by atoms with Crippen LogP contribution in [0.4, 0.5) is 5.69 Å². The van der Waals surface area contributed by atoms with Crippen molar-refractivity contribution in [3.63, 3.8) is 0 Å². The van der Waals surface area contributed by atoms with Crippen LogP contribution in [-0.4, -0.2) is 67.6 Å². The van der Waals surface area contributed by atoms with Crippen LogP contribution in [0.15, 0.2) is 12.5 Å². The van der Waals surface area contributed by atoms with Crippen LogP contribution in [0.1, 0.15) is 55.9 Å². The van der Waals surface area contributed by atoms with Gasteiger partial charge in [-0.05, 0) is 68.9 Å². The third-order valence-corrected chi connectivity index (χ3v) is 8.52. The van der Waals surface area contributed by atoms with E-state index in [0.717, 1.165) is 32.1 Å². The number of rotatable bonds is 5. The second-order valence-electron chi connectivity index (χ2n) is 10.5. The van der Waals surface area contributed by atoms with E-state index in [4.69, 9.17) is 16.3 Å². The van der Waals surface area contributed by atoms with Gasteiger partial charge in [0.15, 0.2) is 0 Å². The Balaban J connectivity index is 1.29. The van der Waals surface area contributed by atoms with Crippen LogP contribution in [0.3, 0.4) is 0 Å². The van der Waals surface area contributed by atoms with Crippen molar-refractivity contribution in [2.75, 3.05) is 31.6 Å². The van der Waals surface area contributed by atoms with E-state index in [1.54, 1.807) is 22.1 Å². The summed E-state index contributed by atoms with van der Waals surface area (Å²) in [5.74, 6) is 0.826. The minimum Gasteiger partial charge on any atom is -0.378 e. The Morgan fingerprint density at radius 2 is 1.94 bits per heavy atom. The molecule has 4 bridgehead atoms. The van der Waals surface area contributed by atoms with Gasteiger partial charge < -0.3 is 15.0 Å². The molecule has 5 aliphatic rings. The summed E-state index contributed by atoms with van der Waals surface area (Å²) in [4.78, 5) is 33.2. The number of anilines is 1. The molecule has 3 heterocycles. The summed E-state index contributed by atoms with van der Waals surface area (Å²) < 4.78 is 8.98. The zero-order valence-electron chi connectivity index (χ0n) is 19.4. The molecule has 182 valence electrons. The van der Waals surface area contributed by atoms with E-state index in [1.807, 2.05) is 11.6 Å². The van der Waals surface area contributed by atoms with Gasteiger partial charge in [0, 0.05) is 19.6 Å². The summed E-state index contributed by atoms with van der Waals surface area (Å²) in [6.07, 6.45) is 8.96. The molecule has 34 heavy (non-hydrogen) atoms. The fourth-order valence-electron chi connectivity index (χ4n) is 7.33. The lowest BCUT2D eigenvalue weighted by Crippen LogP contribution is -2.60. The Morgan fingerprint density at radius 1 is 1.21 bits per heavy atom. The molecule has 2 atom stereocenters. The fraction of sp³-hybridized carbons (Fsp3) is 0.696. The smallest absolute Gasteiger partial charge is 0.274 e. The number of carbonyl (C=O) groups is 2. The first-order valence-corrected chi connectivity index (χ1v) is 12.6. The molecule has 0 radical (unpaired) electrons. The molecule has 2 aromatic heterocycles. The van der Waals surface area contributed by atoms with Gasteiger partial charge in [0.25, 0.3) is 5.91 Å². The van der Waals surface area contributed by atoms with E-state index < -0.39 is 5.41 Å². The Hall–Kier alpha value is -2.46. The summed E-state index contributed by atoms with van der Waals surface area (Å²) >= 11 is 6.06. The van der Waals surface area contributed by atoms with Crippen LogP contribution in [-0.2, 0) is 21.6 Å². The molecule has 4 saturated carbocycles. The number of halogens is 1.